The van der Waals surface area contributed by atoms with Crippen LogP contribution in [-0.4, -0.2) is 9.97 Å². The molecule has 6 rings (SSSR count). The summed E-state index contributed by atoms with van der Waals surface area (Å²) in [5, 5.41) is 3.80. The topological polar surface area (TPSA) is 37.8 Å². The standard InChI is InChI=1S/C29H21N3S/c1-3-10-20(11-4-1)25-19-26(21-12-5-2-6-13-21)31-28(30-25)22-14-9-15-23(18-22)29-32-24-16-7-8-17-27(24)33-29/h1-19,29,32H. The van der Waals surface area contributed by atoms with Crippen molar-refractivity contribution in [3.63, 3.8) is 0 Å². The molecule has 158 valence electrons. The zero-order chi connectivity index (χ0) is 22.0. The molecular weight excluding hydrogens is 422 g/mol. The molecule has 1 aliphatic rings. The van der Waals surface area contributed by atoms with Gasteiger partial charge in [0.05, 0.1) is 11.4 Å². The third-order valence-corrected chi connectivity index (χ3v) is 6.97. The smallest absolute Gasteiger partial charge is 0.160 e. The summed E-state index contributed by atoms with van der Waals surface area (Å²) >= 11 is 1.84. The summed E-state index contributed by atoms with van der Waals surface area (Å²) < 4.78 is 0. The number of hydrogen-bond acceptors (Lipinski definition) is 4. The number of benzene rings is 4. The number of anilines is 1. The summed E-state index contributed by atoms with van der Waals surface area (Å²) in [7, 11) is 0. The van der Waals surface area contributed by atoms with Crippen LogP contribution in [0.25, 0.3) is 33.9 Å². The highest BCUT2D eigenvalue weighted by molar-refractivity contribution is 8.00. The molecule has 1 aliphatic heterocycles. The summed E-state index contributed by atoms with van der Waals surface area (Å²) in [6, 6.07) is 39.7. The van der Waals surface area contributed by atoms with Crippen LogP contribution in [0.2, 0.25) is 0 Å². The van der Waals surface area contributed by atoms with E-state index in [1.807, 2.05) is 48.2 Å². The molecule has 33 heavy (non-hydrogen) atoms. The van der Waals surface area contributed by atoms with E-state index in [4.69, 9.17) is 9.97 Å². The lowest BCUT2D eigenvalue weighted by molar-refractivity contribution is 1.12. The van der Waals surface area contributed by atoms with Gasteiger partial charge in [0.2, 0.25) is 0 Å². The molecule has 1 N–H and O–H groups in total. The summed E-state index contributed by atoms with van der Waals surface area (Å²) in [4.78, 5) is 11.2. The van der Waals surface area contributed by atoms with Crippen LogP contribution in [0.4, 0.5) is 5.69 Å². The Labute approximate surface area is 197 Å². The molecular formula is C29H21N3S. The van der Waals surface area contributed by atoms with E-state index in [1.54, 1.807) is 0 Å². The fourth-order valence-corrected chi connectivity index (χ4v) is 5.20. The highest BCUT2D eigenvalue weighted by atomic mass is 32.2. The molecule has 0 bridgehead atoms. The van der Waals surface area contributed by atoms with Crippen LogP contribution in [0.5, 0.6) is 0 Å². The van der Waals surface area contributed by atoms with Crippen LogP contribution in [0.15, 0.2) is 120 Å². The molecule has 0 aliphatic carbocycles. The summed E-state index contributed by atoms with van der Waals surface area (Å²) in [6.07, 6.45) is 0. The minimum atomic E-state index is 0.174. The third-order valence-electron chi connectivity index (χ3n) is 5.73. The Balaban J connectivity index is 1.42. The summed E-state index contributed by atoms with van der Waals surface area (Å²) in [5.41, 5.74) is 7.42. The van der Waals surface area contributed by atoms with Crippen molar-refractivity contribution in [2.75, 3.05) is 5.32 Å². The highest BCUT2D eigenvalue weighted by Gasteiger charge is 2.23. The van der Waals surface area contributed by atoms with E-state index >= 15 is 0 Å². The van der Waals surface area contributed by atoms with Gasteiger partial charge in [-0.25, -0.2) is 9.97 Å². The van der Waals surface area contributed by atoms with Crippen molar-refractivity contribution < 1.29 is 0 Å². The van der Waals surface area contributed by atoms with E-state index < -0.39 is 0 Å². The van der Waals surface area contributed by atoms with E-state index in [9.17, 15) is 0 Å². The van der Waals surface area contributed by atoms with Crippen LogP contribution < -0.4 is 5.32 Å². The summed E-state index contributed by atoms with van der Waals surface area (Å²) in [5.74, 6) is 0.734. The van der Waals surface area contributed by atoms with Crippen molar-refractivity contribution in [1.29, 1.82) is 0 Å². The molecule has 1 atom stereocenters. The van der Waals surface area contributed by atoms with Crippen LogP contribution in [0, 0.1) is 0 Å². The first-order valence-corrected chi connectivity index (χ1v) is 11.8. The fourth-order valence-electron chi connectivity index (χ4n) is 4.07. The summed E-state index contributed by atoms with van der Waals surface area (Å²) in [6.45, 7) is 0. The predicted octanol–water partition coefficient (Wildman–Crippen LogP) is 7.69. The Morgan fingerprint density at radius 3 is 1.85 bits per heavy atom. The number of aromatic nitrogens is 2. The van der Waals surface area contributed by atoms with E-state index in [1.165, 1.54) is 16.1 Å². The molecule has 0 amide bonds. The van der Waals surface area contributed by atoms with Crippen molar-refractivity contribution in [3.05, 3.63) is 121 Å². The molecule has 4 heteroatoms. The number of thioether (sulfide) groups is 1. The molecule has 3 nitrogen and oxygen atoms in total. The third kappa shape index (κ3) is 4.01. The van der Waals surface area contributed by atoms with Crippen LogP contribution in [0.1, 0.15) is 10.9 Å². The number of fused-ring (bicyclic) bond motifs is 1. The zero-order valence-corrected chi connectivity index (χ0v) is 18.7. The van der Waals surface area contributed by atoms with Crippen LogP contribution in [-0.2, 0) is 0 Å². The first-order chi connectivity index (χ1) is 16.3. The minimum absolute atomic E-state index is 0.174. The molecule has 0 spiro atoms. The Morgan fingerprint density at radius 2 is 1.18 bits per heavy atom. The lowest BCUT2D eigenvalue weighted by atomic mass is 10.1. The van der Waals surface area contributed by atoms with Crippen molar-refractivity contribution >= 4 is 17.4 Å². The number of nitrogens with zero attached hydrogens (tertiary/aromatic N) is 2. The van der Waals surface area contributed by atoms with E-state index in [0.29, 0.717) is 0 Å². The van der Waals surface area contributed by atoms with Crippen molar-refractivity contribution in [1.82, 2.24) is 9.97 Å². The van der Waals surface area contributed by atoms with Gasteiger partial charge >= 0.3 is 0 Å². The lowest BCUT2D eigenvalue weighted by Gasteiger charge is -2.13. The minimum Gasteiger partial charge on any atom is -0.368 e. The van der Waals surface area contributed by atoms with Gasteiger partial charge in [0.1, 0.15) is 5.37 Å². The monoisotopic (exact) mass is 443 g/mol. The quantitative estimate of drug-likeness (QED) is 0.309. The van der Waals surface area contributed by atoms with Crippen LogP contribution in [0.3, 0.4) is 0 Å². The highest BCUT2D eigenvalue weighted by Crippen LogP contribution is 2.46. The molecule has 2 heterocycles. The maximum absolute atomic E-state index is 4.97. The zero-order valence-electron chi connectivity index (χ0n) is 17.8. The van der Waals surface area contributed by atoms with Crippen molar-refractivity contribution in [3.8, 4) is 33.9 Å². The second-order valence-electron chi connectivity index (χ2n) is 7.96. The molecule has 0 saturated carbocycles. The molecule has 0 saturated heterocycles. The van der Waals surface area contributed by atoms with Crippen molar-refractivity contribution in [2.45, 2.75) is 10.3 Å². The predicted molar refractivity (Wildman–Crippen MR) is 137 cm³/mol. The number of nitrogens with one attached hydrogen (secondary N) is 1. The van der Waals surface area contributed by atoms with Crippen molar-refractivity contribution in [2.24, 2.45) is 0 Å². The largest absolute Gasteiger partial charge is 0.368 e. The van der Waals surface area contributed by atoms with E-state index in [-0.39, 0.29) is 5.37 Å². The maximum Gasteiger partial charge on any atom is 0.160 e. The Hall–Kier alpha value is -3.89. The normalized spacial score (nSPS) is 14.5. The average molecular weight is 444 g/mol. The molecule has 1 aromatic heterocycles. The van der Waals surface area contributed by atoms with Gasteiger partial charge in [-0.05, 0) is 29.8 Å². The van der Waals surface area contributed by atoms with Gasteiger partial charge in [0, 0.05) is 27.3 Å². The first kappa shape index (κ1) is 19.8. The second kappa shape index (κ2) is 8.57. The van der Waals surface area contributed by atoms with Gasteiger partial charge in [-0.15, -0.1) is 0 Å². The van der Waals surface area contributed by atoms with E-state index in [0.717, 1.165) is 33.9 Å². The Bertz CT molecular complexity index is 1330. The number of hydrogen-bond donors (Lipinski definition) is 1. The Morgan fingerprint density at radius 1 is 0.576 bits per heavy atom. The van der Waals surface area contributed by atoms with Gasteiger partial charge < -0.3 is 5.32 Å². The Kier molecular flexibility index (Phi) is 5.13. The van der Waals surface area contributed by atoms with Gasteiger partial charge in [0.15, 0.2) is 5.82 Å². The molecule has 4 aromatic carbocycles. The number of para-hydroxylation sites is 1. The van der Waals surface area contributed by atoms with Gasteiger partial charge in [0.25, 0.3) is 0 Å². The SMILES string of the molecule is c1ccc(-c2cc(-c3ccccc3)nc(-c3cccc(C4Nc5ccccc5S4)c3)n2)cc1. The second-order valence-corrected chi connectivity index (χ2v) is 9.10. The maximum atomic E-state index is 4.97. The van der Waals surface area contributed by atoms with Gasteiger partial charge in [-0.2, -0.15) is 0 Å². The molecule has 0 radical (unpaired) electrons. The van der Waals surface area contributed by atoms with E-state index in [2.05, 4.69) is 84.2 Å². The molecule has 1 unspecified atom stereocenters. The number of rotatable bonds is 4. The lowest BCUT2D eigenvalue weighted by Crippen LogP contribution is -2.02. The fraction of sp³-hybridized carbons (Fsp3) is 0.0345. The van der Waals surface area contributed by atoms with Gasteiger partial charge in [-0.3, -0.25) is 0 Å². The molecule has 5 aromatic rings. The van der Waals surface area contributed by atoms with Crippen LogP contribution >= 0.6 is 11.8 Å². The molecule has 0 fully saturated rings. The van der Waals surface area contributed by atoms with Gasteiger partial charge in [-0.1, -0.05) is 103 Å². The first-order valence-electron chi connectivity index (χ1n) is 11.0. The average Bonchev–Trinajstić information content (AvgIpc) is 3.34.